The van der Waals surface area contributed by atoms with Gasteiger partial charge in [0.05, 0.1) is 18.4 Å². The van der Waals surface area contributed by atoms with Gasteiger partial charge < -0.3 is 9.30 Å². The van der Waals surface area contributed by atoms with Gasteiger partial charge in [-0.15, -0.1) is 0 Å². The molecule has 0 saturated heterocycles. The van der Waals surface area contributed by atoms with Crippen molar-refractivity contribution in [2.75, 3.05) is 7.11 Å². The van der Waals surface area contributed by atoms with Gasteiger partial charge in [0, 0.05) is 11.4 Å². The Hall–Kier alpha value is -3.34. The summed E-state index contributed by atoms with van der Waals surface area (Å²) in [4.78, 5) is 16.2. The van der Waals surface area contributed by atoms with Crippen molar-refractivity contribution >= 4 is 39.8 Å². The van der Waals surface area contributed by atoms with Crippen molar-refractivity contribution in [2.45, 2.75) is 20.0 Å². The van der Waals surface area contributed by atoms with Crippen molar-refractivity contribution in [3.05, 3.63) is 52.9 Å². The minimum atomic E-state index is -4.68. The van der Waals surface area contributed by atoms with Crippen LogP contribution in [0.25, 0.3) is 11.8 Å². The van der Waals surface area contributed by atoms with Crippen LogP contribution in [-0.2, 0) is 4.79 Å². The number of amides is 1. The summed E-state index contributed by atoms with van der Waals surface area (Å²) in [6, 6.07) is 9.24. The maximum atomic E-state index is 13.0. The third-order valence-corrected chi connectivity index (χ3v) is 5.75. The second-order valence-electron chi connectivity index (χ2n) is 6.76. The fraction of sp³-hybridized carbons (Fsp3) is 0.200. The molecule has 11 heteroatoms. The predicted molar refractivity (Wildman–Crippen MR) is 113 cm³/mol. The SMILES string of the molecule is COc1ccccc1-n1c(C)cc(/C=C2/C(=N)N3N=C(C(F)(F)F)SC3=NC2=O)c1C. The largest absolute Gasteiger partial charge is 0.495 e. The van der Waals surface area contributed by atoms with E-state index in [4.69, 9.17) is 10.1 Å². The fourth-order valence-corrected chi connectivity index (χ4v) is 4.14. The summed E-state index contributed by atoms with van der Waals surface area (Å²) < 4.78 is 46.3. The average Bonchev–Trinajstić information content (AvgIpc) is 3.26. The Balaban J connectivity index is 1.76. The van der Waals surface area contributed by atoms with E-state index in [1.54, 1.807) is 7.11 Å². The second kappa shape index (κ2) is 7.41. The lowest BCUT2D eigenvalue weighted by Crippen LogP contribution is -2.35. The summed E-state index contributed by atoms with van der Waals surface area (Å²) >= 11 is 0.222. The molecule has 7 nitrogen and oxygen atoms in total. The van der Waals surface area contributed by atoms with E-state index in [-0.39, 0.29) is 22.5 Å². The van der Waals surface area contributed by atoms with Crippen LogP contribution in [0.3, 0.4) is 0 Å². The summed E-state index contributed by atoms with van der Waals surface area (Å²) in [5.74, 6) is -0.587. The van der Waals surface area contributed by atoms with Crippen LogP contribution in [0.1, 0.15) is 17.0 Å². The highest BCUT2D eigenvalue weighted by Gasteiger charge is 2.46. The third-order valence-electron chi connectivity index (χ3n) is 4.79. The van der Waals surface area contributed by atoms with Gasteiger partial charge in [0.15, 0.2) is 5.84 Å². The molecule has 0 spiro atoms. The molecule has 0 saturated carbocycles. The number of hydrogen-bond donors (Lipinski definition) is 1. The van der Waals surface area contributed by atoms with Gasteiger partial charge in [-0.1, -0.05) is 12.1 Å². The number of alkyl halides is 3. The average molecular weight is 447 g/mol. The van der Waals surface area contributed by atoms with Crippen LogP contribution < -0.4 is 4.74 Å². The molecule has 2 aliphatic rings. The maximum Gasteiger partial charge on any atom is 0.441 e. The molecular formula is C20H16F3N5O2S. The van der Waals surface area contributed by atoms with Crippen LogP contribution in [0.15, 0.2) is 46.0 Å². The molecule has 0 atom stereocenters. The standard InChI is InChI=1S/C20H16F3N5O2S/c1-10-8-12(11(2)27(10)14-6-4-5-7-15(14)30-3)9-13-16(24)28-19(25-17(13)29)31-18(26-28)20(21,22)23/h4-9,24H,1-3H3/b13-9-,24-16?. The molecular weight excluding hydrogens is 431 g/mol. The van der Waals surface area contributed by atoms with E-state index in [1.165, 1.54) is 6.08 Å². The van der Waals surface area contributed by atoms with Crippen LogP contribution in [0.4, 0.5) is 13.2 Å². The van der Waals surface area contributed by atoms with Gasteiger partial charge in [-0.05, 0) is 55.4 Å². The molecule has 0 unspecified atom stereocenters. The lowest BCUT2D eigenvalue weighted by atomic mass is 10.1. The van der Waals surface area contributed by atoms with E-state index in [2.05, 4.69) is 10.1 Å². The highest BCUT2D eigenvalue weighted by Crippen LogP contribution is 2.36. The summed E-state index contributed by atoms with van der Waals surface area (Å²) in [7, 11) is 1.57. The highest BCUT2D eigenvalue weighted by molar-refractivity contribution is 8.27. The topological polar surface area (TPSA) is 83.0 Å². The quantitative estimate of drug-likeness (QED) is 0.712. The number of benzene rings is 1. The highest BCUT2D eigenvalue weighted by atomic mass is 32.2. The molecule has 3 heterocycles. The van der Waals surface area contributed by atoms with E-state index >= 15 is 0 Å². The summed E-state index contributed by atoms with van der Waals surface area (Å²) in [6.07, 6.45) is -3.23. The Bertz CT molecular complexity index is 1210. The zero-order valence-electron chi connectivity index (χ0n) is 16.6. The first kappa shape index (κ1) is 20.9. The van der Waals surface area contributed by atoms with Gasteiger partial charge in [0.25, 0.3) is 5.91 Å². The Morgan fingerprint density at radius 3 is 2.61 bits per heavy atom. The number of aliphatic imine (C=N–C) groups is 1. The molecule has 0 fully saturated rings. The van der Waals surface area contributed by atoms with E-state index in [1.807, 2.05) is 48.7 Å². The molecule has 0 aliphatic carbocycles. The summed E-state index contributed by atoms with van der Waals surface area (Å²) in [5, 5.41) is 11.0. The minimum absolute atomic E-state index is 0.142. The van der Waals surface area contributed by atoms with Gasteiger partial charge in [0.2, 0.25) is 10.2 Å². The van der Waals surface area contributed by atoms with Gasteiger partial charge in [-0.2, -0.15) is 28.3 Å². The number of hydrogen-bond acceptors (Lipinski definition) is 5. The molecule has 1 amide bonds. The predicted octanol–water partition coefficient (Wildman–Crippen LogP) is 4.28. The third kappa shape index (κ3) is 3.54. The Kier molecular flexibility index (Phi) is 5.00. The minimum Gasteiger partial charge on any atom is -0.495 e. The number of carbonyl (C=O) groups excluding carboxylic acids is 1. The van der Waals surface area contributed by atoms with E-state index in [0.29, 0.717) is 11.3 Å². The fourth-order valence-electron chi connectivity index (χ4n) is 3.38. The zero-order chi connectivity index (χ0) is 22.5. The van der Waals surface area contributed by atoms with E-state index < -0.39 is 23.0 Å². The smallest absolute Gasteiger partial charge is 0.441 e. The number of para-hydroxylation sites is 2. The molecule has 0 radical (unpaired) electrons. The molecule has 160 valence electrons. The van der Waals surface area contributed by atoms with Crippen LogP contribution >= 0.6 is 11.8 Å². The molecule has 4 rings (SSSR count). The maximum absolute atomic E-state index is 13.0. The lowest BCUT2D eigenvalue weighted by Gasteiger charge is -2.20. The van der Waals surface area contributed by atoms with Crippen LogP contribution in [0.5, 0.6) is 5.75 Å². The number of hydrazone groups is 1. The summed E-state index contributed by atoms with van der Waals surface area (Å²) in [6.45, 7) is 3.71. The molecule has 31 heavy (non-hydrogen) atoms. The molecule has 1 aromatic heterocycles. The van der Waals surface area contributed by atoms with Crippen molar-refractivity contribution in [2.24, 2.45) is 10.1 Å². The van der Waals surface area contributed by atoms with Crippen LogP contribution in [0.2, 0.25) is 0 Å². The Morgan fingerprint density at radius 2 is 1.94 bits per heavy atom. The molecule has 0 bridgehead atoms. The monoisotopic (exact) mass is 447 g/mol. The van der Waals surface area contributed by atoms with Gasteiger partial charge >= 0.3 is 6.18 Å². The molecule has 1 N–H and O–H groups in total. The molecule has 2 aromatic rings. The van der Waals surface area contributed by atoms with Crippen molar-refractivity contribution in [3.8, 4) is 11.4 Å². The number of aryl methyl sites for hydroxylation is 1. The number of halogens is 3. The van der Waals surface area contributed by atoms with Gasteiger partial charge in [0.1, 0.15) is 5.75 Å². The van der Waals surface area contributed by atoms with E-state index in [0.717, 1.165) is 22.1 Å². The zero-order valence-corrected chi connectivity index (χ0v) is 17.4. The second-order valence-corrected chi connectivity index (χ2v) is 7.71. The molecule has 2 aliphatic heterocycles. The number of nitrogens with one attached hydrogen (secondary N) is 1. The van der Waals surface area contributed by atoms with Crippen LogP contribution in [0, 0.1) is 19.3 Å². The first-order valence-electron chi connectivity index (χ1n) is 9.01. The first-order valence-corrected chi connectivity index (χ1v) is 9.83. The number of methoxy groups -OCH3 is 1. The number of rotatable bonds is 3. The van der Waals surface area contributed by atoms with Crippen molar-refractivity contribution < 1.29 is 22.7 Å². The number of fused-ring (bicyclic) bond motifs is 1. The number of carbonyl (C=O) groups is 1. The molecule has 1 aromatic carbocycles. The van der Waals surface area contributed by atoms with Crippen LogP contribution in [-0.4, -0.2) is 44.8 Å². The van der Waals surface area contributed by atoms with Crippen molar-refractivity contribution in [1.29, 1.82) is 5.41 Å². The number of aromatic nitrogens is 1. The summed E-state index contributed by atoms with van der Waals surface area (Å²) in [5.41, 5.74) is 2.89. The normalized spacial score (nSPS) is 17.7. The van der Waals surface area contributed by atoms with Crippen molar-refractivity contribution in [1.82, 2.24) is 9.58 Å². The number of thioether (sulfide) groups is 1. The number of amidine groups is 2. The van der Waals surface area contributed by atoms with Crippen molar-refractivity contribution in [3.63, 3.8) is 0 Å². The number of nitrogens with zero attached hydrogens (tertiary/aromatic N) is 4. The van der Waals surface area contributed by atoms with E-state index in [9.17, 15) is 18.0 Å². The lowest BCUT2D eigenvalue weighted by molar-refractivity contribution is -0.114. The van der Waals surface area contributed by atoms with Gasteiger partial charge in [-0.25, -0.2) is 0 Å². The van der Waals surface area contributed by atoms with Gasteiger partial charge in [-0.3, -0.25) is 10.2 Å². The Morgan fingerprint density at radius 1 is 1.23 bits per heavy atom. The number of ether oxygens (including phenoxy) is 1. The Labute approximate surface area is 179 Å². The first-order chi connectivity index (χ1) is 14.6.